The van der Waals surface area contributed by atoms with Gasteiger partial charge in [0.15, 0.2) is 0 Å². The molecule has 8 rings (SSSR count). The van der Waals surface area contributed by atoms with Gasteiger partial charge in [0.2, 0.25) is 0 Å². The molecule has 0 aliphatic carbocycles. The van der Waals surface area contributed by atoms with Crippen molar-refractivity contribution in [2.24, 2.45) is 14.1 Å². The molecule has 12 heteroatoms. The number of esters is 1. The number of carboxylic acid groups (broad SMARTS) is 1. The highest BCUT2D eigenvalue weighted by Gasteiger charge is 2.18. The van der Waals surface area contributed by atoms with Crippen molar-refractivity contribution < 1.29 is 19.4 Å². The molecule has 4 heterocycles. The first-order chi connectivity index (χ1) is 26.9. The van der Waals surface area contributed by atoms with Crippen molar-refractivity contribution >= 4 is 55.3 Å². The summed E-state index contributed by atoms with van der Waals surface area (Å²) in [5.74, 6) is -1.56. The zero-order valence-electron chi connectivity index (χ0n) is 31.9. The second-order valence-electron chi connectivity index (χ2n) is 13.9. The number of carbonyl (C=O) groups excluding carboxylic acids is 1. The molecule has 0 atom stereocenters. The minimum atomic E-state index is -1.09. The Labute approximate surface area is 321 Å². The summed E-state index contributed by atoms with van der Waals surface area (Å²) in [6.45, 7) is 5.53. The SMILES string of the molecule is CCOC(=O)Cn1nc(Cc2cn(C)c3cccc(C)c23)c2ccccc2c1=O.Cc1cccc2c1c(Cc1nn(CC(=O)O)c(=O)c3ccccc13)cn2C. The summed E-state index contributed by atoms with van der Waals surface area (Å²) in [7, 11) is 4.03. The fraction of sp³-hybridized carbons (Fsp3) is 0.227. The lowest BCUT2D eigenvalue weighted by Crippen LogP contribution is -2.29. The van der Waals surface area contributed by atoms with Crippen LogP contribution >= 0.6 is 0 Å². The quantitative estimate of drug-likeness (QED) is 0.171. The van der Waals surface area contributed by atoms with Gasteiger partial charge in [-0.25, -0.2) is 9.36 Å². The molecule has 0 amide bonds. The van der Waals surface area contributed by atoms with Crippen LogP contribution in [0, 0.1) is 13.8 Å². The van der Waals surface area contributed by atoms with E-state index in [1.54, 1.807) is 25.1 Å². The molecular weight excluding hydrogens is 709 g/mol. The van der Waals surface area contributed by atoms with E-state index in [9.17, 15) is 19.2 Å². The molecule has 8 aromatic rings. The van der Waals surface area contributed by atoms with Crippen LogP contribution in [0.1, 0.15) is 40.6 Å². The number of hydrogen-bond donors (Lipinski definition) is 1. The number of ether oxygens (including phenoxy) is 1. The van der Waals surface area contributed by atoms with Gasteiger partial charge in [-0.15, -0.1) is 0 Å². The second kappa shape index (κ2) is 15.5. The standard InChI is InChI=1S/C23H23N3O3.C21H19N3O3/c1-4-29-21(27)14-26-23(28)18-10-6-5-9-17(18)19(24-26)12-16-13-25(3)20-11-7-8-15(2)22(16)20;1-13-6-5-9-18-20(13)14(11-23(18)2)10-17-15-7-3-4-8-16(15)21(27)24(22-17)12-19(25)26/h5-11,13H,4,12,14H2,1-3H3;3-9,11H,10,12H2,1-2H3,(H,25,26). The number of carbonyl (C=O) groups is 2. The van der Waals surface area contributed by atoms with Gasteiger partial charge in [0, 0.05) is 71.9 Å². The molecule has 284 valence electrons. The number of rotatable bonds is 9. The van der Waals surface area contributed by atoms with Gasteiger partial charge in [0.05, 0.1) is 28.8 Å². The van der Waals surface area contributed by atoms with Crippen LogP contribution < -0.4 is 11.1 Å². The van der Waals surface area contributed by atoms with Gasteiger partial charge in [-0.05, 0) is 67.3 Å². The van der Waals surface area contributed by atoms with E-state index in [0.29, 0.717) is 29.3 Å². The van der Waals surface area contributed by atoms with Gasteiger partial charge in [0.1, 0.15) is 13.1 Å². The maximum atomic E-state index is 12.8. The maximum absolute atomic E-state index is 12.8. The normalized spacial score (nSPS) is 11.3. The third-order valence-corrected chi connectivity index (χ3v) is 10.1. The van der Waals surface area contributed by atoms with Crippen LogP contribution in [0.3, 0.4) is 0 Å². The predicted molar refractivity (Wildman–Crippen MR) is 217 cm³/mol. The predicted octanol–water partition coefficient (Wildman–Crippen LogP) is 6.22. The lowest BCUT2D eigenvalue weighted by molar-refractivity contribution is -0.144. The second-order valence-corrected chi connectivity index (χ2v) is 13.9. The largest absolute Gasteiger partial charge is 0.480 e. The Balaban J connectivity index is 0.000000172. The molecule has 0 spiro atoms. The van der Waals surface area contributed by atoms with Crippen molar-refractivity contribution in [1.82, 2.24) is 28.7 Å². The maximum Gasteiger partial charge on any atom is 0.327 e. The van der Waals surface area contributed by atoms with E-state index >= 15 is 0 Å². The first-order valence-electron chi connectivity index (χ1n) is 18.4. The number of benzene rings is 4. The molecule has 0 aliphatic heterocycles. The summed E-state index contributed by atoms with van der Waals surface area (Å²) in [4.78, 5) is 48.5. The third kappa shape index (κ3) is 7.20. The molecule has 56 heavy (non-hydrogen) atoms. The summed E-state index contributed by atoms with van der Waals surface area (Å²) in [5, 5.41) is 23.1. The Morgan fingerprint density at radius 3 is 1.48 bits per heavy atom. The fourth-order valence-corrected chi connectivity index (χ4v) is 7.64. The molecule has 0 unspecified atom stereocenters. The zero-order chi connectivity index (χ0) is 39.7. The van der Waals surface area contributed by atoms with Gasteiger partial charge in [-0.3, -0.25) is 19.2 Å². The zero-order valence-corrected chi connectivity index (χ0v) is 31.9. The number of carboxylic acids is 1. The van der Waals surface area contributed by atoms with E-state index in [1.165, 1.54) is 26.6 Å². The number of aliphatic carboxylic acids is 1. The van der Waals surface area contributed by atoms with Crippen LogP contribution in [0.5, 0.6) is 0 Å². The van der Waals surface area contributed by atoms with Gasteiger partial charge < -0.3 is 19.0 Å². The molecule has 0 bridgehead atoms. The van der Waals surface area contributed by atoms with Gasteiger partial charge >= 0.3 is 11.9 Å². The summed E-state index contributed by atoms with van der Waals surface area (Å²) in [6, 6.07) is 27.0. The monoisotopic (exact) mass is 750 g/mol. The van der Waals surface area contributed by atoms with Crippen LogP contribution in [-0.2, 0) is 54.4 Å². The van der Waals surface area contributed by atoms with Crippen molar-refractivity contribution in [3.8, 4) is 0 Å². The van der Waals surface area contributed by atoms with Crippen LogP contribution in [-0.4, -0.2) is 52.3 Å². The summed E-state index contributed by atoms with van der Waals surface area (Å²) in [5.41, 5.74) is 7.69. The van der Waals surface area contributed by atoms with E-state index < -0.39 is 18.5 Å². The Bertz CT molecular complexity index is 2930. The van der Waals surface area contributed by atoms with Crippen molar-refractivity contribution in [2.45, 2.75) is 46.7 Å². The Kier molecular flexibility index (Phi) is 10.4. The molecule has 0 aliphatic rings. The first-order valence-corrected chi connectivity index (χ1v) is 18.4. The van der Waals surface area contributed by atoms with E-state index in [0.717, 1.165) is 43.3 Å². The van der Waals surface area contributed by atoms with E-state index in [4.69, 9.17) is 9.84 Å². The molecule has 4 aromatic carbocycles. The average Bonchev–Trinajstić information content (AvgIpc) is 3.68. The Morgan fingerprint density at radius 1 is 0.625 bits per heavy atom. The van der Waals surface area contributed by atoms with Gasteiger partial charge in [-0.2, -0.15) is 10.2 Å². The van der Waals surface area contributed by atoms with Crippen molar-refractivity contribution in [2.75, 3.05) is 6.61 Å². The van der Waals surface area contributed by atoms with Crippen LogP contribution in [0.15, 0.2) is 107 Å². The van der Waals surface area contributed by atoms with Crippen molar-refractivity contribution in [1.29, 1.82) is 0 Å². The minimum absolute atomic E-state index is 0.195. The lowest BCUT2D eigenvalue weighted by Gasteiger charge is -2.11. The average molecular weight is 751 g/mol. The van der Waals surface area contributed by atoms with Crippen LogP contribution in [0.25, 0.3) is 43.4 Å². The molecular formula is C44H42N6O6. The Morgan fingerprint density at radius 2 is 1.05 bits per heavy atom. The fourth-order valence-electron chi connectivity index (χ4n) is 7.64. The summed E-state index contributed by atoms with van der Waals surface area (Å²) < 4.78 is 11.4. The molecule has 0 radical (unpaired) electrons. The van der Waals surface area contributed by atoms with Gasteiger partial charge in [0.25, 0.3) is 11.1 Å². The molecule has 0 saturated heterocycles. The lowest BCUT2D eigenvalue weighted by atomic mass is 10.0. The topological polar surface area (TPSA) is 143 Å². The van der Waals surface area contributed by atoms with Crippen LogP contribution in [0.2, 0.25) is 0 Å². The summed E-state index contributed by atoms with van der Waals surface area (Å²) in [6.07, 6.45) is 5.25. The number of hydrogen-bond acceptors (Lipinski definition) is 7. The smallest absolute Gasteiger partial charge is 0.327 e. The summed E-state index contributed by atoms with van der Waals surface area (Å²) >= 11 is 0. The van der Waals surface area contributed by atoms with Crippen molar-refractivity contribution in [3.05, 3.63) is 152 Å². The van der Waals surface area contributed by atoms with E-state index in [2.05, 4.69) is 75.9 Å². The molecule has 4 aromatic heterocycles. The number of aryl methyl sites for hydroxylation is 4. The highest BCUT2D eigenvalue weighted by atomic mass is 16.5. The minimum Gasteiger partial charge on any atom is -0.480 e. The van der Waals surface area contributed by atoms with Crippen LogP contribution in [0.4, 0.5) is 0 Å². The first kappa shape index (κ1) is 37.5. The number of fused-ring (bicyclic) bond motifs is 4. The highest BCUT2D eigenvalue weighted by molar-refractivity contribution is 5.90. The van der Waals surface area contributed by atoms with Crippen molar-refractivity contribution in [3.63, 3.8) is 0 Å². The molecule has 12 nitrogen and oxygen atoms in total. The molecule has 1 N–H and O–H groups in total. The van der Waals surface area contributed by atoms with E-state index in [-0.39, 0.29) is 24.3 Å². The molecule has 0 saturated carbocycles. The van der Waals surface area contributed by atoms with E-state index in [1.807, 2.05) is 50.5 Å². The number of nitrogens with zero attached hydrogens (tertiary/aromatic N) is 6. The Hall–Kier alpha value is -6.82. The highest BCUT2D eigenvalue weighted by Crippen LogP contribution is 2.29. The third-order valence-electron chi connectivity index (χ3n) is 10.1. The van der Waals surface area contributed by atoms with Gasteiger partial charge in [-0.1, -0.05) is 60.7 Å². The molecule has 0 fully saturated rings. The number of aromatic nitrogens is 6.